The van der Waals surface area contributed by atoms with Gasteiger partial charge in [-0.25, -0.2) is 0 Å². The van der Waals surface area contributed by atoms with E-state index in [2.05, 4.69) is 26.0 Å². The Hall–Kier alpha value is -2.27. The van der Waals surface area contributed by atoms with Crippen LogP contribution >= 0.6 is 0 Å². The zero-order chi connectivity index (χ0) is 13.7. The molecule has 0 atom stereocenters. The van der Waals surface area contributed by atoms with E-state index in [1.807, 2.05) is 42.5 Å². The fourth-order valence-corrected chi connectivity index (χ4v) is 2.00. The zero-order valence-corrected chi connectivity index (χ0v) is 11.3. The minimum absolute atomic E-state index is 0.419. The molecule has 0 aliphatic rings. The Morgan fingerprint density at radius 1 is 1.05 bits per heavy atom. The van der Waals surface area contributed by atoms with Crippen LogP contribution in [-0.2, 0) is 6.61 Å². The lowest BCUT2D eigenvalue weighted by molar-refractivity contribution is 0.301. The van der Waals surface area contributed by atoms with Gasteiger partial charge in [-0.1, -0.05) is 50.2 Å². The van der Waals surface area contributed by atoms with Crippen LogP contribution in [-0.4, -0.2) is 0 Å². The molecule has 0 spiro atoms. The number of ether oxygens (including phenoxy) is 1. The number of nitriles is 1. The molecule has 0 aliphatic heterocycles. The summed E-state index contributed by atoms with van der Waals surface area (Å²) in [6, 6.07) is 17.8. The van der Waals surface area contributed by atoms with Gasteiger partial charge in [0.1, 0.15) is 12.4 Å². The molecule has 0 aliphatic carbocycles. The zero-order valence-electron chi connectivity index (χ0n) is 11.3. The molecule has 0 saturated carbocycles. The molecule has 0 N–H and O–H groups in total. The first-order chi connectivity index (χ1) is 9.22. The molecule has 2 rings (SSSR count). The summed E-state index contributed by atoms with van der Waals surface area (Å²) in [5, 5.41) is 9.05. The molecule has 19 heavy (non-hydrogen) atoms. The van der Waals surface area contributed by atoms with Gasteiger partial charge >= 0.3 is 0 Å². The highest BCUT2D eigenvalue weighted by Gasteiger charge is 2.08. The van der Waals surface area contributed by atoms with Gasteiger partial charge in [-0.05, 0) is 23.6 Å². The van der Waals surface area contributed by atoms with Crippen molar-refractivity contribution < 1.29 is 4.74 Å². The first-order valence-corrected chi connectivity index (χ1v) is 6.42. The van der Waals surface area contributed by atoms with Crippen LogP contribution in [0.5, 0.6) is 5.75 Å². The summed E-state index contributed by atoms with van der Waals surface area (Å²) in [4.78, 5) is 0. The third-order valence-corrected chi connectivity index (χ3v) is 3.06. The van der Waals surface area contributed by atoms with Crippen molar-refractivity contribution in [2.75, 3.05) is 0 Å². The molecule has 0 saturated heterocycles. The standard InChI is InChI=1S/C17H17NO/c1-13(2)16-9-5-6-10-17(16)19-12-15-8-4-3-7-14(15)11-18/h3-10,13H,12H2,1-2H3. The molecule has 96 valence electrons. The topological polar surface area (TPSA) is 33.0 Å². The van der Waals surface area contributed by atoms with Crippen LogP contribution in [0.1, 0.15) is 36.5 Å². The summed E-state index contributed by atoms with van der Waals surface area (Å²) < 4.78 is 5.88. The van der Waals surface area contributed by atoms with Gasteiger partial charge in [-0.3, -0.25) is 0 Å². The van der Waals surface area contributed by atoms with Crippen LogP contribution in [0.25, 0.3) is 0 Å². The summed E-state index contributed by atoms with van der Waals surface area (Å²) >= 11 is 0. The highest BCUT2D eigenvalue weighted by molar-refractivity contribution is 5.39. The maximum absolute atomic E-state index is 9.05. The molecule has 0 bridgehead atoms. The Morgan fingerprint density at radius 3 is 2.47 bits per heavy atom. The lowest BCUT2D eigenvalue weighted by atomic mass is 10.0. The first kappa shape index (κ1) is 13.2. The number of nitrogens with zero attached hydrogens (tertiary/aromatic N) is 1. The van der Waals surface area contributed by atoms with Gasteiger partial charge < -0.3 is 4.74 Å². The molecule has 2 aromatic carbocycles. The molecule has 0 amide bonds. The van der Waals surface area contributed by atoms with Crippen LogP contribution in [0.2, 0.25) is 0 Å². The van der Waals surface area contributed by atoms with Crippen molar-refractivity contribution in [3.63, 3.8) is 0 Å². The monoisotopic (exact) mass is 251 g/mol. The van der Waals surface area contributed by atoms with E-state index < -0.39 is 0 Å². The third-order valence-electron chi connectivity index (χ3n) is 3.06. The van der Waals surface area contributed by atoms with Crippen LogP contribution in [0.4, 0.5) is 0 Å². The Morgan fingerprint density at radius 2 is 1.74 bits per heavy atom. The van der Waals surface area contributed by atoms with E-state index in [9.17, 15) is 0 Å². The highest BCUT2D eigenvalue weighted by Crippen LogP contribution is 2.26. The summed E-state index contributed by atoms with van der Waals surface area (Å²) in [5.41, 5.74) is 2.78. The minimum atomic E-state index is 0.419. The first-order valence-electron chi connectivity index (χ1n) is 6.42. The van der Waals surface area contributed by atoms with Crippen LogP contribution < -0.4 is 4.74 Å². The van der Waals surface area contributed by atoms with Crippen molar-refractivity contribution in [3.05, 3.63) is 65.2 Å². The van der Waals surface area contributed by atoms with Gasteiger partial charge in [0.25, 0.3) is 0 Å². The average Bonchev–Trinajstić information content (AvgIpc) is 2.45. The molecule has 0 radical (unpaired) electrons. The summed E-state index contributed by atoms with van der Waals surface area (Å²) in [6.07, 6.45) is 0. The normalized spacial score (nSPS) is 10.2. The minimum Gasteiger partial charge on any atom is -0.489 e. The summed E-state index contributed by atoms with van der Waals surface area (Å²) in [7, 11) is 0. The number of hydrogen-bond donors (Lipinski definition) is 0. The summed E-state index contributed by atoms with van der Waals surface area (Å²) in [5.74, 6) is 1.31. The Balaban J connectivity index is 2.18. The number of para-hydroxylation sites is 1. The van der Waals surface area contributed by atoms with E-state index in [-0.39, 0.29) is 0 Å². The molecule has 0 fully saturated rings. The second kappa shape index (κ2) is 6.06. The smallest absolute Gasteiger partial charge is 0.123 e. The Kier molecular flexibility index (Phi) is 4.20. The van der Waals surface area contributed by atoms with E-state index >= 15 is 0 Å². The van der Waals surface area contributed by atoms with Crippen molar-refractivity contribution in [1.29, 1.82) is 5.26 Å². The highest BCUT2D eigenvalue weighted by atomic mass is 16.5. The predicted molar refractivity (Wildman–Crippen MR) is 76.0 cm³/mol. The summed E-state index contributed by atoms with van der Waals surface area (Å²) in [6.45, 7) is 4.71. The maximum Gasteiger partial charge on any atom is 0.123 e. The fourth-order valence-electron chi connectivity index (χ4n) is 2.00. The van der Waals surface area contributed by atoms with Crippen molar-refractivity contribution in [1.82, 2.24) is 0 Å². The van der Waals surface area contributed by atoms with Gasteiger partial charge in [-0.15, -0.1) is 0 Å². The number of benzene rings is 2. The molecule has 2 nitrogen and oxygen atoms in total. The second-order valence-electron chi connectivity index (χ2n) is 4.75. The lowest BCUT2D eigenvalue weighted by Crippen LogP contribution is -2.01. The van der Waals surface area contributed by atoms with E-state index in [0.29, 0.717) is 18.1 Å². The second-order valence-corrected chi connectivity index (χ2v) is 4.75. The van der Waals surface area contributed by atoms with Crippen molar-refractivity contribution in [2.24, 2.45) is 0 Å². The number of hydrogen-bond acceptors (Lipinski definition) is 2. The van der Waals surface area contributed by atoms with Crippen LogP contribution in [0, 0.1) is 11.3 Å². The van der Waals surface area contributed by atoms with Gasteiger partial charge in [-0.2, -0.15) is 5.26 Å². The van der Waals surface area contributed by atoms with E-state index in [1.54, 1.807) is 0 Å². The van der Waals surface area contributed by atoms with Gasteiger partial charge in [0.2, 0.25) is 0 Å². The maximum atomic E-state index is 9.05. The molecular formula is C17H17NO. The quantitative estimate of drug-likeness (QED) is 0.813. The largest absolute Gasteiger partial charge is 0.489 e. The Bertz CT molecular complexity index is 596. The van der Waals surface area contributed by atoms with E-state index in [4.69, 9.17) is 10.00 Å². The predicted octanol–water partition coefficient (Wildman–Crippen LogP) is 4.26. The number of rotatable bonds is 4. The van der Waals surface area contributed by atoms with Crippen molar-refractivity contribution >= 4 is 0 Å². The van der Waals surface area contributed by atoms with Crippen LogP contribution in [0.15, 0.2) is 48.5 Å². The van der Waals surface area contributed by atoms with E-state index in [1.165, 1.54) is 5.56 Å². The molecule has 0 aromatic heterocycles. The van der Waals surface area contributed by atoms with Crippen LogP contribution in [0.3, 0.4) is 0 Å². The lowest BCUT2D eigenvalue weighted by Gasteiger charge is -2.14. The van der Waals surface area contributed by atoms with Crippen molar-refractivity contribution in [2.45, 2.75) is 26.4 Å². The SMILES string of the molecule is CC(C)c1ccccc1OCc1ccccc1C#N. The average molecular weight is 251 g/mol. The molecule has 0 heterocycles. The molecule has 2 aromatic rings. The fraction of sp³-hybridized carbons (Fsp3) is 0.235. The molecule has 2 heteroatoms. The molecular weight excluding hydrogens is 234 g/mol. The van der Waals surface area contributed by atoms with Gasteiger partial charge in [0.15, 0.2) is 0 Å². The molecule has 0 unspecified atom stereocenters. The van der Waals surface area contributed by atoms with Gasteiger partial charge in [0.05, 0.1) is 11.6 Å². The van der Waals surface area contributed by atoms with Gasteiger partial charge in [0, 0.05) is 5.56 Å². The third kappa shape index (κ3) is 3.14. The Labute approximate surface area is 114 Å². The van der Waals surface area contributed by atoms with Crippen molar-refractivity contribution in [3.8, 4) is 11.8 Å². The van der Waals surface area contributed by atoms with E-state index in [0.717, 1.165) is 11.3 Å².